The molecule has 0 fully saturated rings. The van der Waals surface area contributed by atoms with E-state index in [2.05, 4.69) is 10.1 Å². The summed E-state index contributed by atoms with van der Waals surface area (Å²) in [6.45, 7) is 1.89. The van der Waals surface area contributed by atoms with Crippen LogP contribution >= 0.6 is 11.6 Å². The molecule has 16 heavy (non-hydrogen) atoms. The van der Waals surface area contributed by atoms with Crippen molar-refractivity contribution in [2.75, 3.05) is 0 Å². The minimum Gasteiger partial charge on any atom is -0.458 e. The molecule has 3 heterocycles. The number of aromatic nitrogens is 3. The van der Waals surface area contributed by atoms with Crippen molar-refractivity contribution < 1.29 is 4.42 Å². The maximum absolute atomic E-state index is 5.87. The smallest absolute Gasteiger partial charge is 0.217 e. The van der Waals surface area contributed by atoms with Gasteiger partial charge in [-0.3, -0.25) is 0 Å². The second kappa shape index (κ2) is 3.35. The van der Waals surface area contributed by atoms with Gasteiger partial charge in [0.2, 0.25) is 5.82 Å². The summed E-state index contributed by atoms with van der Waals surface area (Å²) in [6.07, 6.45) is 1.71. The van der Waals surface area contributed by atoms with Crippen molar-refractivity contribution in [1.29, 1.82) is 0 Å². The van der Waals surface area contributed by atoms with E-state index in [-0.39, 0.29) is 0 Å². The minimum absolute atomic E-state index is 0.565. The number of aryl methyl sites for hydroxylation is 1. The lowest BCUT2D eigenvalue weighted by molar-refractivity contribution is 0.544. The molecule has 80 valence electrons. The van der Waals surface area contributed by atoms with E-state index in [0.717, 1.165) is 11.4 Å². The summed E-state index contributed by atoms with van der Waals surface area (Å²) < 4.78 is 7.09. The highest BCUT2D eigenvalue weighted by Gasteiger charge is 2.09. The summed E-state index contributed by atoms with van der Waals surface area (Å²) in [5.41, 5.74) is 0.744. The lowest BCUT2D eigenvalue weighted by Gasteiger charge is -1.89. The molecule has 3 aromatic heterocycles. The highest BCUT2D eigenvalue weighted by molar-refractivity contribution is 6.30. The van der Waals surface area contributed by atoms with Crippen molar-refractivity contribution in [3.8, 4) is 11.6 Å². The van der Waals surface area contributed by atoms with Gasteiger partial charge in [-0.2, -0.15) is 0 Å². The van der Waals surface area contributed by atoms with Crippen LogP contribution in [0.5, 0.6) is 0 Å². The van der Waals surface area contributed by atoms with Crippen LogP contribution in [-0.2, 0) is 0 Å². The van der Waals surface area contributed by atoms with Gasteiger partial charge in [0, 0.05) is 6.20 Å². The molecule has 0 atom stereocenters. The average Bonchev–Trinajstić information content (AvgIpc) is 2.83. The summed E-state index contributed by atoms with van der Waals surface area (Å²) in [6, 6.07) is 7.33. The zero-order chi connectivity index (χ0) is 11.1. The number of fused-ring (bicyclic) bond motifs is 1. The molecule has 0 aromatic carbocycles. The highest BCUT2D eigenvalue weighted by Crippen LogP contribution is 2.19. The molecule has 0 saturated heterocycles. The summed E-state index contributed by atoms with van der Waals surface area (Å²) in [5.74, 6) is 2.07. The van der Waals surface area contributed by atoms with Gasteiger partial charge < -0.3 is 4.42 Å². The van der Waals surface area contributed by atoms with Crippen molar-refractivity contribution >= 4 is 17.2 Å². The summed E-state index contributed by atoms with van der Waals surface area (Å²) in [4.78, 5) is 4.34. The first-order chi connectivity index (χ1) is 7.72. The van der Waals surface area contributed by atoms with Gasteiger partial charge >= 0.3 is 0 Å². The Morgan fingerprint density at radius 2 is 2.12 bits per heavy atom. The van der Waals surface area contributed by atoms with Crippen molar-refractivity contribution in [2.24, 2.45) is 0 Å². The Kier molecular flexibility index (Phi) is 1.97. The lowest BCUT2D eigenvalue weighted by Crippen LogP contribution is -1.85. The molecule has 0 bridgehead atoms. The van der Waals surface area contributed by atoms with Crippen LogP contribution in [0, 0.1) is 6.92 Å². The monoisotopic (exact) mass is 233 g/mol. The Hall–Kier alpha value is -1.81. The molecule has 0 aliphatic heterocycles. The van der Waals surface area contributed by atoms with Crippen molar-refractivity contribution in [2.45, 2.75) is 6.92 Å². The van der Waals surface area contributed by atoms with Crippen LogP contribution < -0.4 is 0 Å². The van der Waals surface area contributed by atoms with Crippen LogP contribution in [0.1, 0.15) is 5.76 Å². The molecule has 4 nitrogen and oxygen atoms in total. The van der Waals surface area contributed by atoms with E-state index in [1.54, 1.807) is 16.8 Å². The van der Waals surface area contributed by atoms with Crippen LogP contribution in [0.2, 0.25) is 5.02 Å². The fourth-order valence-corrected chi connectivity index (χ4v) is 1.67. The molecule has 0 spiro atoms. The summed E-state index contributed by atoms with van der Waals surface area (Å²) in [7, 11) is 0. The molecule has 0 aliphatic carbocycles. The van der Waals surface area contributed by atoms with E-state index in [1.807, 2.05) is 25.1 Å². The van der Waals surface area contributed by atoms with Gasteiger partial charge in [-0.15, -0.1) is 5.10 Å². The molecule has 0 aliphatic rings. The van der Waals surface area contributed by atoms with E-state index in [1.165, 1.54) is 0 Å². The van der Waals surface area contributed by atoms with Crippen molar-refractivity contribution in [3.05, 3.63) is 41.2 Å². The van der Waals surface area contributed by atoms with Crippen LogP contribution in [0.3, 0.4) is 0 Å². The standard InChI is InChI=1S/C11H8ClN3O/c1-7-2-4-9(16-7)11-13-10-5-3-8(12)6-15(10)14-11/h2-6H,1H3. The third-order valence-corrected chi connectivity index (χ3v) is 2.48. The fraction of sp³-hybridized carbons (Fsp3) is 0.0909. The first kappa shape index (κ1) is 9.42. The Morgan fingerprint density at radius 3 is 2.88 bits per heavy atom. The molecule has 3 rings (SSSR count). The number of rotatable bonds is 1. The number of pyridine rings is 1. The van der Waals surface area contributed by atoms with Gasteiger partial charge in [0.05, 0.1) is 5.02 Å². The number of halogens is 1. The highest BCUT2D eigenvalue weighted by atomic mass is 35.5. The predicted molar refractivity (Wildman–Crippen MR) is 60.4 cm³/mol. The second-order valence-electron chi connectivity index (χ2n) is 3.50. The largest absolute Gasteiger partial charge is 0.458 e. The maximum atomic E-state index is 5.87. The molecular formula is C11H8ClN3O. The number of nitrogens with zero attached hydrogens (tertiary/aromatic N) is 3. The topological polar surface area (TPSA) is 43.3 Å². The number of hydrogen-bond donors (Lipinski definition) is 0. The first-order valence-corrected chi connectivity index (χ1v) is 5.19. The number of furan rings is 1. The summed E-state index contributed by atoms with van der Waals surface area (Å²) >= 11 is 5.87. The molecule has 0 unspecified atom stereocenters. The lowest BCUT2D eigenvalue weighted by atomic mass is 10.4. The Balaban J connectivity index is 2.18. The molecule has 5 heteroatoms. The van der Waals surface area contributed by atoms with Gasteiger partial charge in [-0.05, 0) is 31.2 Å². The zero-order valence-corrected chi connectivity index (χ0v) is 9.27. The first-order valence-electron chi connectivity index (χ1n) is 4.81. The molecule has 0 amide bonds. The van der Waals surface area contributed by atoms with E-state index in [9.17, 15) is 0 Å². The van der Waals surface area contributed by atoms with Gasteiger partial charge in [0.1, 0.15) is 5.76 Å². The van der Waals surface area contributed by atoms with Crippen LogP contribution in [0.25, 0.3) is 17.2 Å². The van der Waals surface area contributed by atoms with E-state index < -0.39 is 0 Å². The van der Waals surface area contributed by atoms with Crippen LogP contribution in [0.4, 0.5) is 0 Å². The van der Waals surface area contributed by atoms with Crippen molar-refractivity contribution in [1.82, 2.24) is 14.6 Å². The van der Waals surface area contributed by atoms with Gasteiger partial charge in [0.15, 0.2) is 11.4 Å². The molecule has 0 radical (unpaired) electrons. The SMILES string of the molecule is Cc1ccc(-c2nc3ccc(Cl)cn3n2)o1. The quantitative estimate of drug-likeness (QED) is 0.649. The van der Waals surface area contributed by atoms with Gasteiger partial charge in [-0.25, -0.2) is 9.50 Å². The Bertz CT molecular complexity index is 656. The third kappa shape index (κ3) is 1.47. The van der Waals surface area contributed by atoms with E-state index >= 15 is 0 Å². The van der Waals surface area contributed by atoms with E-state index in [4.69, 9.17) is 16.0 Å². The molecule has 0 N–H and O–H groups in total. The predicted octanol–water partition coefficient (Wildman–Crippen LogP) is 2.95. The minimum atomic E-state index is 0.565. The van der Waals surface area contributed by atoms with Gasteiger partial charge in [0.25, 0.3) is 0 Å². The third-order valence-electron chi connectivity index (χ3n) is 2.26. The number of hydrogen-bond acceptors (Lipinski definition) is 3. The Morgan fingerprint density at radius 1 is 1.25 bits per heavy atom. The molecular weight excluding hydrogens is 226 g/mol. The maximum Gasteiger partial charge on any atom is 0.217 e. The summed E-state index contributed by atoms with van der Waals surface area (Å²) in [5, 5.41) is 4.91. The Labute approximate surface area is 96.5 Å². The normalized spacial score (nSPS) is 11.1. The molecule has 3 aromatic rings. The second-order valence-corrected chi connectivity index (χ2v) is 3.93. The fourth-order valence-electron chi connectivity index (χ4n) is 1.52. The van der Waals surface area contributed by atoms with Crippen molar-refractivity contribution in [3.63, 3.8) is 0 Å². The average molecular weight is 234 g/mol. The van der Waals surface area contributed by atoms with Gasteiger partial charge in [-0.1, -0.05) is 11.6 Å². The van der Waals surface area contributed by atoms with Crippen LogP contribution in [-0.4, -0.2) is 14.6 Å². The van der Waals surface area contributed by atoms with E-state index in [0.29, 0.717) is 16.6 Å². The molecule has 0 saturated carbocycles. The van der Waals surface area contributed by atoms with Crippen LogP contribution in [0.15, 0.2) is 34.9 Å². The zero-order valence-electron chi connectivity index (χ0n) is 8.51.